The van der Waals surface area contributed by atoms with Crippen LogP contribution >= 0.6 is 11.6 Å². The molecule has 0 radical (unpaired) electrons. The SMILES string of the molecule is Cc1ccn2c(NC(=O)CC(C)CC(C)(C)C)c(-c3cccc(Cl)c3)nc2c1. The third-order valence-electron chi connectivity index (χ3n) is 4.63. The van der Waals surface area contributed by atoms with E-state index in [-0.39, 0.29) is 11.3 Å². The molecule has 1 aromatic carbocycles. The topological polar surface area (TPSA) is 46.4 Å². The van der Waals surface area contributed by atoms with E-state index in [0.29, 0.717) is 23.2 Å². The predicted molar refractivity (Wildman–Crippen MR) is 117 cm³/mol. The molecule has 3 aromatic rings. The van der Waals surface area contributed by atoms with E-state index in [4.69, 9.17) is 16.6 Å². The Labute approximate surface area is 171 Å². The first-order chi connectivity index (χ1) is 13.1. The van der Waals surface area contributed by atoms with Crippen LogP contribution in [0.25, 0.3) is 16.9 Å². The van der Waals surface area contributed by atoms with Gasteiger partial charge < -0.3 is 5.32 Å². The van der Waals surface area contributed by atoms with E-state index in [2.05, 4.69) is 33.0 Å². The summed E-state index contributed by atoms with van der Waals surface area (Å²) in [6, 6.07) is 11.6. The molecule has 1 N–H and O–H groups in total. The third kappa shape index (κ3) is 4.93. The lowest BCUT2D eigenvalue weighted by Crippen LogP contribution is -2.19. The average molecular weight is 398 g/mol. The van der Waals surface area contributed by atoms with Crippen LogP contribution in [-0.4, -0.2) is 15.3 Å². The highest BCUT2D eigenvalue weighted by atomic mass is 35.5. The number of carbonyl (C=O) groups excluding carboxylic acids is 1. The lowest BCUT2D eigenvalue weighted by atomic mass is 9.84. The fourth-order valence-corrected chi connectivity index (χ4v) is 3.91. The van der Waals surface area contributed by atoms with Crippen molar-refractivity contribution < 1.29 is 4.79 Å². The summed E-state index contributed by atoms with van der Waals surface area (Å²) in [5.41, 5.74) is 3.73. The second-order valence-corrected chi connectivity index (χ2v) is 9.31. The second-order valence-electron chi connectivity index (χ2n) is 8.87. The monoisotopic (exact) mass is 397 g/mol. The normalized spacial score (nSPS) is 12.9. The van der Waals surface area contributed by atoms with Gasteiger partial charge in [0.15, 0.2) is 0 Å². The van der Waals surface area contributed by atoms with Crippen molar-refractivity contribution in [1.82, 2.24) is 9.38 Å². The van der Waals surface area contributed by atoms with Gasteiger partial charge in [-0.1, -0.05) is 51.4 Å². The van der Waals surface area contributed by atoms with Crippen LogP contribution in [0.3, 0.4) is 0 Å². The maximum Gasteiger partial charge on any atom is 0.225 e. The number of rotatable bonds is 5. The number of hydrogen-bond donors (Lipinski definition) is 1. The van der Waals surface area contributed by atoms with Crippen molar-refractivity contribution in [3.8, 4) is 11.3 Å². The summed E-state index contributed by atoms with van der Waals surface area (Å²) in [4.78, 5) is 17.6. The van der Waals surface area contributed by atoms with Crippen LogP contribution in [0.1, 0.15) is 46.1 Å². The maximum atomic E-state index is 12.8. The van der Waals surface area contributed by atoms with Gasteiger partial charge in [0.25, 0.3) is 0 Å². The number of nitrogens with zero attached hydrogens (tertiary/aromatic N) is 2. The Morgan fingerprint density at radius 3 is 2.68 bits per heavy atom. The first kappa shape index (κ1) is 20.4. The molecule has 0 aliphatic heterocycles. The standard InChI is InChI=1S/C23H28ClN3O/c1-15-9-10-27-19(11-15)25-21(17-7-6-8-18(24)13-17)22(27)26-20(28)12-16(2)14-23(3,4)5/h6-11,13,16H,12,14H2,1-5H3,(H,26,28). The molecule has 148 valence electrons. The summed E-state index contributed by atoms with van der Waals surface area (Å²) in [6.45, 7) is 10.8. The fourth-order valence-electron chi connectivity index (χ4n) is 3.72. The van der Waals surface area contributed by atoms with Crippen molar-refractivity contribution >= 4 is 29.0 Å². The van der Waals surface area contributed by atoms with Crippen molar-refractivity contribution in [2.45, 2.75) is 47.5 Å². The van der Waals surface area contributed by atoms with Crippen LogP contribution < -0.4 is 5.32 Å². The van der Waals surface area contributed by atoms with Crippen LogP contribution in [0, 0.1) is 18.3 Å². The van der Waals surface area contributed by atoms with Gasteiger partial charge in [-0.3, -0.25) is 9.20 Å². The quantitative estimate of drug-likeness (QED) is 0.544. The van der Waals surface area contributed by atoms with E-state index in [1.165, 1.54) is 0 Å². The van der Waals surface area contributed by atoms with Crippen molar-refractivity contribution in [3.05, 3.63) is 53.2 Å². The van der Waals surface area contributed by atoms with Crippen molar-refractivity contribution in [2.75, 3.05) is 5.32 Å². The van der Waals surface area contributed by atoms with Crippen molar-refractivity contribution in [2.24, 2.45) is 11.3 Å². The molecule has 0 saturated carbocycles. The van der Waals surface area contributed by atoms with Crippen LogP contribution in [0.15, 0.2) is 42.6 Å². The first-order valence-electron chi connectivity index (χ1n) is 9.67. The molecule has 5 heteroatoms. The van der Waals surface area contributed by atoms with E-state index in [9.17, 15) is 4.79 Å². The lowest BCUT2D eigenvalue weighted by Gasteiger charge is -2.22. The summed E-state index contributed by atoms with van der Waals surface area (Å²) >= 11 is 6.19. The van der Waals surface area contributed by atoms with E-state index < -0.39 is 0 Å². The number of fused-ring (bicyclic) bond motifs is 1. The molecule has 0 bridgehead atoms. The molecule has 0 saturated heterocycles. The lowest BCUT2D eigenvalue weighted by molar-refractivity contribution is -0.117. The molecule has 0 aliphatic carbocycles. The Morgan fingerprint density at radius 1 is 1.25 bits per heavy atom. The number of benzene rings is 1. The Hall–Kier alpha value is -2.33. The average Bonchev–Trinajstić information content (AvgIpc) is 2.90. The molecule has 1 amide bonds. The Balaban J connectivity index is 1.95. The van der Waals surface area contributed by atoms with Gasteiger partial charge in [0.1, 0.15) is 17.2 Å². The third-order valence-corrected chi connectivity index (χ3v) is 4.87. The molecular formula is C23H28ClN3O. The smallest absolute Gasteiger partial charge is 0.225 e. The largest absolute Gasteiger partial charge is 0.310 e. The van der Waals surface area contributed by atoms with Gasteiger partial charge in [0, 0.05) is 23.2 Å². The Morgan fingerprint density at radius 2 is 2.00 bits per heavy atom. The van der Waals surface area contributed by atoms with Gasteiger partial charge in [-0.25, -0.2) is 4.98 Å². The van der Waals surface area contributed by atoms with Gasteiger partial charge in [-0.2, -0.15) is 0 Å². The molecule has 3 rings (SSSR count). The van der Waals surface area contributed by atoms with E-state index in [1.807, 2.05) is 53.9 Å². The number of amides is 1. The van der Waals surface area contributed by atoms with Crippen LogP contribution in [0.2, 0.25) is 5.02 Å². The van der Waals surface area contributed by atoms with Crippen LogP contribution in [-0.2, 0) is 4.79 Å². The van der Waals surface area contributed by atoms with Gasteiger partial charge in [0.2, 0.25) is 5.91 Å². The Bertz CT molecular complexity index is 1000. The number of pyridine rings is 1. The highest BCUT2D eigenvalue weighted by Gasteiger charge is 2.21. The van der Waals surface area contributed by atoms with Gasteiger partial charge in [-0.15, -0.1) is 0 Å². The summed E-state index contributed by atoms with van der Waals surface area (Å²) < 4.78 is 1.93. The Kier molecular flexibility index (Phi) is 5.80. The number of imidazole rings is 1. The minimum atomic E-state index is 0.00223. The maximum absolute atomic E-state index is 12.8. The highest BCUT2D eigenvalue weighted by molar-refractivity contribution is 6.30. The molecule has 0 spiro atoms. The number of hydrogen-bond acceptors (Lipinski definition) is 2. The van der Waals surface area contributed by atoms with Crippen molar-refractivity contribution in [3.63, 3.8) is 0 Å². The summed E-state index contributed by atoms with van der Waals surface area (Å²) in [7, 11) is 0. The summed E-state index contributed by atoms with van der Waals surface area (Å²) in [6.07, 6.45) is 3.42. The summed E-state index contributed by atoms with van der Waals surface area (Å²) in [5.74, 6) is 0.990. The number of aryl methyl sites for hydroxylation is 1. The summed E-state index contributed by atoms with van der Waals surface area (Å²) in [5, 5.41) is 3.75. The van der Waals surface area contributed by atoms with Crippen LogP contribution in [0.4, 0.5) is 5.82 Å². The molecule has 0 fully saturated rings. The van der Waals surface area contributed by atoms with E-state index in [1.54, 1.807) is 0 Å². The molecule has 0 aliphatic rings. The van der Waals surface area contributed by atoms with Crippen molar-refractivity contribution in [1.29, 1.82) is 0 Å². The van der Waals surface area contributed by atoms with E-state index >= 15 is 0 Å². The highest BCUT2D eigenvalue weighted by Crippen LogP contribution is 2.31. The fraction of sp³-hybridized carbons (Fsp3) is 0.391. The number of halogens is 1. The molecule has 28 heavy (non-hydrogen) atoms. The number of anilines is 1. The number of aromatic nitrogens is 2. The second kappa shape index (κ2) is 7.96. The molecular weight excluding hydrogens is 370 g/mol. The minimum Gasteiger partial charge on any atom is -0.310 e. The molecule has 4 nitrogen and oxygen atoms in total. The molecule has 1 atom stereocenters. The first-order valence-corrected chi connectivity index (χ1v) is 10.0. The zero-order valence-electron chi connectivity index (χ0n) is 17.2. The zero-order chi connectivity index (χ0) is 20.5. The number of carbonyl (C=O) groups is 1. The zero-order valence-corrected chi connectivity index (χ0v) is 18.0. The molecule has 1 unspecified atom stereocenters. The van der Waals surface area contributed by atoms with Gasteiger partial charge in [-0.05, 0) is 54.5 Å². The predicted octanol–water partition coefficient (Wildman–Crippen LogP) is 6.36. The molecule has 2 aromatic heterocycles. The van der Waals surface area contributed by atoms with Crippen LogP contribution in [0.5, 0.6) is 0 Å². The number of nitrogens with one attached hydrogen (secondary N) is 1. The van der Waals surface area contributed by atoms with Gasteiger partial charge in [0.05, 0.1) is 0 Å². The minimum absolute atomic E-state index is 0.00223. The van der Waals surface area contributed by atoms with E-state index in [0.717, 1.165) is 28.9 Å². The van der Waals surface area contributed by atoms with Gasteiger partial charge >= 0.3 is 0 Å². The molecule has 2 heterocycles.